The van der Waals surface area contributed by atoms with Crippen molar-refractivity contribution in [2.75, 3.05) is 14.2 Å². The average molecular weight is 273 g/mol. The molecule has 1 aliphatic rings. The summed E-state index contributed by atoms with van der Waals surface area (Å²) in [6.45, 7) is 2.14. The second kappa shape index (κ2) is 7.49. The molecule has 0 saturated heterocycles. The maximum atomic E-state index is 5.49. The van der Waals surface area contributed by atoms with Crippen LogP contribution in [-0.4, -0.2) is 20.2 Å². The molecule has 1 aromatic rings. The van der Waals surface area contributed by atoms with E-state index in [0.717, 1.165) is 18.6 Å². The highest BCUT2D eigenvalue weighted by atomic mass is 16.5. The Bertz CT molecular complexity index is 464. The van der Waals surface area contributed by atoms with Crippen molar-refractivity contribution < 1.29 is 4.74 Å². The van der Waals surface area contributed by atoms with Gasteiger partial charge in [0.05, 0.1) is 7.11 Å². The molecule has 0 heterocycles. The second-order valence-electron chi connectivity index (χ2n) is 5.82. The molecule has 0 radical (unpaired) electrons. The highest BCUT2D eigenvalue weighted by Gasteiger charge is 2.14. The van der Waals surface area contributed by atoms with Gasteiger partial charge in [0.1, 0.15) is 5.75 Å². The largest absolute Gasteiger partial charge is 0.496 e. The quantitative estimate of drug-likeness (QED) is 0.790. The number of likely N-dealkylation sites (N-methyl/N-ethyl adjacent to an activating group) is 1. The third kappa shape index (κ3) is 4.11. The molecule has 2 rings (SSSR count). The molecule has 0 aliphatic heterocycles. The molecule has 0 fully saturated rings. The van der Waals surface area contributed by atoms with Gasteiger partial charge in [0.25, 0.3) is 0 Å². The zero-order chi connectivity index (χ0) is 14.4. The lowest BCUT2D eigenvalue weighted by Gasteiger charge is -2.21. The van der Waals surface area contributed by atoms with Crippen molar-refractivity contribution in [1.29, 1.82) is 0 Å². The lowest BCUT2D eigenvalue weighted by atomic mass is 9.91. The monoisotopic (exact) mass is 273 g/mol. The normalized spacial score (nSPS) is 16.6. The Morgan fingerprint density at radius 1 is 1.25 bits per heavy atom. The van der Waals surface area contributed by atoms with Gasteiger partial charge < -0.3 is 10.1 Å². The summed E-state index contributed by atoms with van der Waals surface area (Å²) in [6.07, 6.45) is 9.89. The van der Waals surface area contributed by atoms with Crippen LogP contribution >= 0.6 is 0 Å². The van der Waals surface area contributed by atoms with Gasteiger partial charge in [0.15, 0.2) is 0 Å². The zero-order valence-corrected chi connectivity index (χ0v) is 13.0. The molecule has 0 bridgehead atoms. The van der Waals surface area contributed by atoms with Crippen molar-refractivity contribution in [2.24, 2.45) is 0 Å². The second-order valence-corrected chi connectivity index (χ2v) is 5.82. The van der Waals surface area contributed by atoms with E-state index in [0.29, 0.717) is 6.04 Å². The van der Waals surface area contributed by atoms with Gasteiger partial charge >= 0.3 is 0 Å². The summed E-state index contributed by atoms with van der Waals surface area (Å²) in [5.74, 6) is 1.01. The molecule has 2 heteroatoms. The van der Waals surface area contributed by atoms with E-state index in [9.17, 15) is 0 Å². The minimum absolute atomic E-state index is 0.495. The first-order valence-electron chi connectivity index (χ1n) is 7.71. The fraction of sp³-hybridized carbons (Fsp3) is 0.556. The Hall–Kier alpha value is -1.28. The zero-order valence-electron chi connectivity index (χ0n) is 13.0. The van der Waals surface area contributed by atoms with E-state index in [2.05, 4.69) is 43.6 Å². The Morgan fingerprint density at radius 3 is 2.75 bits per heavy atom. The van der Waals surface area contributed by atoms with Crippen molar-refractivity contribution in [3.8, 4) is 5.75 Å². The van der Waals surface area contributed by atoms with Crippen LogP contribution in [0.3, 0.4) is 0 Å². The van der Waals surface area contributed by atoms with E-state index < -0.39 is 0 Å². The van der Waals surface area contributed by atoms with Gasteiger partial charge in [0.2, 0.25) is 0 Å². The van der Waals surface area contributed by atoms with Gasteiger partial charge in [-0.15, -0.1) is 0 Å². The summed E-state index contributed by atoms with van der Waals surface area (Å²) in [6, 6.07) is 6.94. The van der Waals surface area contributed by atoms with Crippen LogP contribution in [0.5, 0.6) is 5.75 Å². The van der Waals surface area contributed by atoms with E-state index in [-0.39, 0.29) is 0 Å². The summed E-state index contributed by atoms with van der Waals surface area (Å²) in [7, 11) is 3.82. The maximum absolute atomic E-state index is 5.49. The third-order valence-electron chi connectivity index (χ3n) is 4.20. The molecular weight excluding hydrogens is 246 g/mol. The summed E-state index contributed by atoms with van der Waals surface area (Å²) >= 11 is 0. The van der Waals surface area contributed by atoms with Crippen LogP contribution in [0.1, 0.15) is 43.2 Å². The van der Waals surface area contributed by atoms with Crippen LogP contribution in [0.25, 0.3) is 0 Å². The molecule has 1 aromatic carbocycles. The number of rotatable bonds is 6. The number of hydrogen-bond donors (Lipinski definition) is 1. The van der Waals surface area contributed by atoms with Gasteiger partial charge in [-0.1, -0.05) is 29.3 Å². The summed E-state index contributed by atoms with van der Waals surface area (Å²) in [5, 5.41) is 3.47. The highest BCUT2D eigenvalue weighted by molar-refractivity contribution is 5.37. The molecular formula is C18H27NO. The van der Waals surface area contributed by atoms with E-state index in [1.165, 1.54) is 36.8 Å². The van der Waals surface area contributed by atoms with Crippen molar-refractivity contribution in [3.63, 3.8) is 0 Å². The summed E-state index contributed by atoms with van der Waals surface area (Å²) in [4.78, 5) is 0. The van der Waals surface area contributed by atoms with Crippen molar-refractivity contribution in [1.82, 2.24) is 5.32 Å². The van der Waals surface area contributed by atoms with Crippen LogP contribution < -0.4 is 10.1 Å². The van der Waals surface area contributed by atoms with Crippen LogP contribution in [-0.2, 0) is 6.42 Å². The van der Waals surface area contributed by atoms with Crippen LogP contribution in [0.2, 0.25) is 0 Å². The minimum atomic E-state index is 0.495. The van der Waals surface area contributed by atoms with Gasteiger partial charge in [0, 0.05) is 6.04 Å². The number of ether oxygens (including phenoxy) is 1. The molecule has 110 valence electrons. The number of allylic oxidation sites excluding steroid dienone is 1. The Labute approximate surface area is 123 Å². The van der Waals surface area contributed by atoms with E-state index >= 15 is 0 Å². The molecule has 1 unspecified atom stereocenters. The maximum Gasteiger partial charge on any atom is 0.122 e. The molecule has 2 nitrogen and oxygen atoms in total. The Kier molecular flexibility index (Phi) is 5.66. The van der Waals surface area contributed by atoms with Crippen molar-refractivity contribution in [2.45, 2.75) is 51.5 Å². The Balaban J connectivity index is 2.05. The number of benzene rings is 1. The fourth-order valence-electron chi connectivity index (χ4n) is 3.02. The standard InChI is InChI=1S/C18H27NO/c1-14-9-10-18(20-3)16(11-14)13-17(19-2)12-15-7-5-4-6-8-15/h7,9-11,17,19H,4-6,8,12-13H2,1-3H3. The highest BCUT2D eigenvalue weighted by Crippen LogP contribution is 2.25. The molecule has 20 heavy (non-hydrogen) atoms. The van der Waals surface area contributed by atoms with E-state index in [4.69, 9.17) is 4.74 Å². The van der Waals surface area contributed by atoms with Gasteiger partial charge in [-0.25, -0.2) is 0 Å². The van der Waals surface area contributed by atoms with E-state index in [1.54, 1.807) is 12.7 Å². The molecule has 0 amide bonds. The van der Waals surface area contributed by atoms with Gasteiger partial charge in [-0.3, -0.25) is 0 Å². The first-order valence-corrected chi connectivity index (χ1v) is 7.71. The molecule has 1 N–H and O–H groups in total. The van der Waals surface area contributed by atoms with Crippen LogP contribution in [0.15, 0.2) is 29.8 Å². The molecule has 1 atom stereocenters. The minimum Gasteiger partial charge on any atom is -0.496 e. The van der Waals surface area contributed by atoms with Crippen LogP contribution in [0.4, 0.5) is 0 Å². The van der Waals surface area contributed by atoms with Gasteiger partial charge in [-0.2, -0.15) is 0 Å². The number of hydrogen-bond acceptors (Lipinski definition) is 2. The summed E-state index contributed by atoms with van der Waals surface area (Å²) < 4.78 is 5.49. The van der Waals surface area contributed by atoms with Gasteiger partial charge in [-0.05, 0) is 64.1 Å². The number of methoxy groups -OCH3 is 1. The first-order chi connectivity index (χ1) is 9.72. The molecule has 0 spiro atoms. The van der Waals surface area contributed by atoms with E-state index in [1.807, 2.05) is 0 Å². The fourth-order valence-corrected chi connectivity index (χ4v) is 3.02. The predicted octanol–water partition coefficient (Wildman–Crippen LogP) is 4.02. The topological polar surface area (TPSA) is 21.3 Å². The third-order valence-corrected chi connectivity index (χ3v) is 4.20. The number of aryl methyl sites for hydroxylation is 1. The van der Waals surface area contributed by atoms with Crippen molar-refractivity contribution in [3.05, 3.63) is 41.0 Å². The smallest absolute Gasteiger partial charge is 0.122 e. The average Bonchev–Trinajstić information content (AvgIpc) is 2.48. The molecule has 1 aliphatic carbocycles. The first kappa shape index (κ1) is 15.1. The lowest BCUT2D eigenvalue weighted by Crippen LogP contribution is -2.28. The Morgan fingerprint density at radius 2 is 2.10 bits per heavy atom. The van der Waals surface area contributed by atoms with Crippen LogP contribution in [0, 0.1) is 6.92 Å². The predicted molar refractivity (Wildman–Crippen MR) is 85.5 cm³/mol. The molecule has 0 aromatic heterocycles. The van der Waals surface area contributed by atoms with Crippen molar-refractivity contribution >= 4 is 0 Å². The SMILES string of the molecule is CNC(CC1=CCCCC1)Cc1cc(C)ccc1OC. The lowest BCUT2D eigenvalue weighted by molar-refractivity contribution is 0.405. The molecule has 0 saturated carbocycles. The number of nitrogens with one attached hydrogen (secondary N) is 1. The summed E-state index contributed by atoms with van der Waals surface area (Å²) in [5.41, 5.74) is 4.23.